The summed E-state index contributed by atoms with van der Waals surface area (Å²) in [6, 6.07) is -0.797. The Morgan fingerprint density at radius 3 is 1.47 bits per heavy atom. The summed E-state index contributed by atoms with van der Waals surface area (Å²) in [5, 5.41) is 54.1. The Hall–Kier alpha value is -1.07. The molecule has 1 amide bonds. The minimum absolute atomic E-state index is 0.175. The van der Waals surface area contributed by atoms with Crippen molar-refractivity contribution < 1.29 is 39.8 Å². The Morgan fingerprint density at radius 2 is 1.04 bits per heavy atom. The number of ether oxygens (including phenoxy) is 2. The molecule has 1 heterocycles. The quantitative estimate of drug-likeness (QED) is 0.0272. The summed E-state index contributed by atoms with van der Waals surface area (Å²) in [5.41, 5.74) is 0. The van der Waals surface area contributed by atoms with Crippen molar-refractivity contribution in [3.63, 3.8) is 0 Å². The van der Waals surface area contributed by atoms with Gasteiger partial charge in [0.2, 0.25) is 5.91 Å². The molecule has 0 aromatic rings. The second-order valence-electron chi connectivity index (χ2n) is 15.9. The van der Waals surface area contributed by atoms with Crippen molar-refractivity contribution in [1.82, 2.24) is 5.32 Å². The van der Waals surface area contributed by atoms with Crippen LogP contribution >= 0.6 is 0 Å². The van der Waals surface area contributed by atoms with E-state index in [0.29, 0.717) is 6.42 Å². The number of unbranched alkanes of at least 4 members (excludes halogenated alkanes) is 27. The highest BCUT2D eigenvalue weighted by Crippen LogP contribution is 2.23. The molecule has 6 N–H and O–H groups in total. The van der Waals surface area contributed by atoms with E-state index in [-0.39, 0.29) is 12.5 Å². The molecule has 0 spiro atoms. The molecule has 1 saturated heterocycles. The fraction of sp³-hybridized carbons (Fsp3) is 0.932. The number of aliphatic hydroxyl groups is 5. The predicted molar refractivity (Wildman–Crippen MR) is 217 cm³/mol. The van der Waals surface area contributed by atoms with Crippen molar-refractivity contribution >= 4 is 5.91 Å². The van der Waals surface area contributed by atoms with Gasteiger partial charge >= 0.3 is 0 Å². The van der Waals surface area contributed by atoms with Crippen LogP contribution in [-0.4, -0.2) is 87.5 Å². The van der Waals surface area contributed by atoms with Gasteiger partial charge in [0.25, 0.3) is 0 Å². The van der Waals surface area contributed by atoms with E-state index in [1.807, 2.05) is 6.08 Å². The lowest BCUT2D eigenvalue weighted by molar-refractivity contribution is -0.302. The van der Waals surface area contributed by atoms with Gasteiger partial charge in [-0.25, -0.2) is 0 Å². The van der Waals surface area contributed by atoms with Gasteiger partial charge in [-0.2, -0.15) is 0 Å². The topological polar surface area (TPSA) is 149 Å². The minimum Gasteiger partial charge on any atom is -0.394 e. The van der Waals surface area contributed by atoms with Crippen molar-refractivity contribution in [3.8, 4) is 0 Å². The van der Waals surface area contributed by atoms with Gasteiger partial charge in [0, 0.05) is 6.42 Å². The number of amides is 1. The Kier molecular flexibility index (Phi) is 33.3. The molecule has 9 nitrogen and oxygen atoms in total. The van der Waals surface area contributed by atoms with Gasteiger partial charge in [0.05, 0.1) is 25.4 Å². The predicted octanol–water partition coefficient (Wildman–Crippen LogP) is 8.95. The van der Waals surface area contributed by atoms with Crippen LogP contribution in [0.15, 0.2) is 12.2 Å². The molecule has 0 radical (unpaired) electrons. The molecule has 0 aromatic carbocycles. The van der Waals surface area contributed by atoms with Gasteiger partial charge in [-0.1, -0.05) is 193 Å². The van der Waals surface area contributed by atoms with E-state index in [2.05, 4.69) is 19.2 Å². The maximum absolute atomic E-state index is 12.9. The maximum atomic E-state index is 12.9. The van der Waals surface area contributed by atoms with Gasteiger partial charge in [-0.15, -0.1) is 0 Å². The van der Waals surface area contributed by atoms with E-state index in [9.17, 15) is 30.3 Å². The lowest BCUT2D eigenvalue weighted by Crippen LogP contribution is -2.60. The highest BCUT2D eigenvalue weighted by Gasteiger charge is 2.44. The number of nitrogens with one attached hydrogen (secondary N) is 1. The fourth-order valence-electron chi connectivity index (χ4n) is 7.21. The number of aliphatic hydroxyl groups excluding tert-OH is 5. The second-order valence-corrected chi connectivity index (χ2v) is 15.9. The van der Waals surface area contributed by atoms with Gasteiger partial charge < -0.3 is 40.3 Å². The summed E-state index contributed by atoms with van der Waals surface area (Å²) in [7, 11) is 0. The van der Waals surface area contributed by atoms with Crippen LogP contribution in [0.1, 0.15) is 206 Å². The minimum atomic E-state index is -1.56. The zero-order valence-electron chi connectivity index (χ0n) is 34.3. The number of hydrogen-bond acceptors (Lipinski definition) is 8. The van der Waals surface area contributed by atoms with Crippen LogP contribution in [0, 0.1) is 0 Å². The number of carbonyl (C=O) groups is 1. The summed E-state index contributed by atoms with van der Waals surface area (Å²) in [5.74, 6) is -0.175. The highest BCUT2D eigenvalue weighted by atomic mass is 16.7. The van der Waals surface area contributed by atoms with Crippen LogP contribution in [0.5, 0.6) is 0 Å². The first-order valence-corrected chi connectivity index (χ1v) is 22.4. The SMILES string of the molecule is CCCCCCCCCCCCCCCC/C=C/C(O)C(COC1OC(CO)C(O)C(O)C1O)NC(=O)CCCCCCCCCCCCCCCC. The number of allylic oxidation sites excluding steroid dienone is 1. The van der Waals surface area contributed by atoms with Crippen LogP contribution in [0.25, 0.3) is 0 Å². The third-order valence-electron chi connectivity index (χ3n) is 10.9. The van der Waals surface area contributed by atoms with E-state index in [4.69, 9.17) is 9.47 Å². The van der Waals surface area contributed by atoms with Crippen LogP contribution in [0.3, 0.4) is 0 Å². The second kappa shape index (κ2) is 35.4. The third kappa shape index (κ3) is 26.4. The average molecular weight is 756 g/mol. The molecule has 7 atom stereocenters. The Morgan fingerprint density at radius 1 is 0.623 bits per heavy atom. The summed E-state index contributed by atoms with van der Waals surface area (Å²) < 4.78 is 11.2. The fourth-order valence-corrected chi connectivity index (χ4v) is 7.21. The number of hydrogen-bond donors (Lipinski definition) is 6. The van der Waals surface area contributed by atoms with E-state index in [0.717, 1.165) is 38.5 Å². The van der Waals surface area contributed by atoms with Crippen molar-refractivity contribution in [3.05, 3.63) is 12.2 Å². The molecule has 53 heavy (non-hydrogen) atoms. The maximum Gasteiger partial charge on any atom is 0.220 e. The number of rotatable bonds is 37. The molecule has 9 heteroatoms. The zero-order chi connectivity index (χ0) is 38.8. The molecular formula is C44H85NO8. The van der Waals surface area contributed by atoms with Gasteiger partial charge in [-0.3, -0.25) is 4.79 Å². The molecule has 0 aliphatic carbocycles. The smallest absolute Gasteiger partial charge is 0.220 e. The largest absolute Gasteiger partial charge is 0.394 e. The van der Waals surface area contributed by atoms with E-state index >= 15 is 0 Å². The van der Waals surface area contributed by atoms with Gasteiger partial charge in [-0.05, 0) is 19.3 Å². The molecule has 1 aliphatic rings. The van der Waals surface area contributed by atoms with Crippen LogP contribution < -0.4 is 5.32 Å². The molecule has 1 aliphatic heterocycles. The lowest BCUT2D eigenvalue weighted by Gasteiger charge is -2.40. The first-order chi connectivity index (χ1) is 25.8. The molecular weight excluding hydrogens is 670 g/mol. The normalized spacial score (nSPS) is 21.7. The van der Waals surface area contributed by atoms with E-state index < -0.39 is 49.5 Å². The van der Waals surface area contributed by atoms with Crippen molar-refractivity contribution in [2.45, 2.75) is 249 Å². The molecule has 1 fully saturated rings. The molecule has 0 saturated carbocycles. The van der Waals surface area contributed by atoms with E-state index in [1.165, 1.54) is 148 Å². The summed E-state index contributed by atoms with van der Waals surface area (Å²) >= 11 is 0. The van der Waals surface area contributed by atoms with Crippen molar-refractivity contribution in [2.24, 2.45) is 0 Å². The first kappa shape index (κ1) is 49.9. The molecule has 1 rings (SSSR count). The average Bonchev–Trinajstić information content (AvgIpc) is 3.16. The van der Waals surface area contributed by atoms with Crippen molar-refractivity contribution in [2.75, 3.05) is 13.2 Å². The van der Waals surface area contributed by atoms with Gasteiger partial charge in [0.15, 0.2) is 6.29 Å². The summed E-state index contributed by atoms with van der Waals surface area (Å²) in [4.78, 5) is 12.9. The molecule has 7 unspecified atom stereocenters. The summed E-state index contributed by atoms with van der Waals surface area (Å²) in [6.07, 6.45) is 32.5. The van der Waals surface area contributed by atoms with Crippen LogP contribution in [0.2, 0.25) is 0 Å². The number of carbonyl (C=O) groups excluding carboxylic acids is 1. The molecule has 314 valence electrons. The first-order valence-electron chi connectivity index (χ1n) is 22.4. The van der Waals surface area contributed by atoms with E-state index in [1.54, 1.807) is 6.08 Å². The Labute approximate surface area is 325 Å². The standard InChI is InChI=1S/C44H85NO8/c1-3-5-7-9-11-13-15-17-19-20-21-23-25-27-29-31-33-38(47)37(36-52-44-43(51)42(50)41(49)39(35-46)53-44)45-40(48)34-32-30-28-26-24-22-18-16-14-12-10-8-6-4-2/h31,33,37-39,41-44,46-47,49-51H,3-30,32,34-36H2,1-2H3,(H,45,48)/b33-31+. The van der Waals surface area contributed by atoms with Crippen LogP contribution in [0.4, 0.5) is 0 Å². The van der Waals surface area contributed by atoms with Crippen molar-refractivity contribution in [1.29, 1.82) is 0 Å². The highest BCUT2D eigenvalue weighted by molar-refractivity contribution is 5.76. The zero-order valence-corrected chi connectivity index (χ0v) is 34.3. The van der Waals surface area contributed by atoms with Crippen LogP contribution in [-0.2, 0) is 14.3 Å². The summed E-state index contributed by atoms with van der Waals surface area (Å²) in [6.45, 7) is 3.78. The molecule has 0 bridgehead atoms. The molecule has 0 aromatic heterocycles. The lowest BCUT2D eigenvalue weighted by atomic mass is 9.99. The van der Waals surface area contributed by atoms with Gasteiger partial charge in [0.1, 0.15) is 24.4 Å². The Balaban J connectivity index is 2.37. The monoisotopic (exact) mass is 756 g/mol. The third-order valence-corrected chi connectivity index (χ3v) is 10.9. The Bertz CT molecular complexity index is 842.